The fourth-order valence-corrected chi connectivity index (χ4v) is 2.59. The lowest BCUT2D eigenvalue weighted by atomic mass is 10.1. The van der Waals surface area contributed by atoms with Crippen molar-refractivity contribution >= 4 is 28.2 Å². The van der Waals surface area contributed by atoms with Crippen molar-refractivity contribution in [1.82, 2.24) is 0 Å². The zero-order valence-corrected chi connectivity index (χ0v) is 11.4. The lowest BCUT2D eigenvalue weighted by Crippen LogP contribution is -2.25. The van der Waals surface area contributed by atoms with E-state index in [2.05, 4.69) is 0 Å². The van der Waals surface area contributed by atoms with Gasteiger partial charge in [-0.2, -0.15) is 0 Å². The van der Waals surface area contributed by atoms with Gasteiger partial charge in [-0.25, -0.2) is 0 Å². The van der Waals surface area contributed by atoms with Crippen LogP contribution in [0.4, 0.5) is 0 Å². The Hall–Kier alpha value is -0.710. The first-order chi connectivity index (χ1) is 8.06. The van der Waals surface area contributed by atoms with Crippen LogP contribution in [0.25, 0.3) is 0 Å². The molecule has 0 spiro atoms. The van der Waals surface area contributed by atoms with E-state index in [-0.39, 0.29) is 5.78 Å². The summed E-state index contributed by atoms with van der Waals surface area (Å²) >= 11 is 5.81. The number of carbonyl (C=O) groups excluding carboxylic acids is 1. The maximum atomic E-state index is 12.0. The minimum atomic E-state index is -1.22. The number of halogens is 1. The second-order valence-corrected chi connectivity index (χ2v) is 5.91. The number of hydrogen-bond acceptors (Lipinski definition) is 3. The minimum absolute atomic E-state index is 0.151. The van der Waals surface area contributed by atoms with Crippen LogP contribution in [0, 0.1) is 0 Å². The van der Waals surface area contributed by atoms with Crippen molar-refractivity contribution in [3.8, 4) is 0 Å². The molecule has 0 aromatic heterocycles. The molecular formula is C12H15ClO3S. The van der Waals surface area contributed by atoms with E-state index >= 15 is 0 Å². The van der Waals surface area contributed by atoms with E-state index in [1.807, 2.05) is 0 Å². The summed E-state index contributed by atoms with van der Waals surface area (Å²) in [6, 6.07) is 6.68. The maximum Gasteiger partial charge on any atom is 0.178 e. The van der Waals surface area contributed by atoms with Gasteiger partial charge in [-0.3, -0.25) is 9.00 Å². The van der Waals surface area contributed by atoms with Crippen LogP contribution in [-0.4, -0.2) is 34.7 Å². The van der Waals surface area contributed by atoms with Gasteiger partial charge in [0.05, 0.1) is 11.9 Å². The van der Waals surface area contributed by atoms with Gasteiger partial charge in [0.25, 0.3) is 0 Å². The first kappa shape index (κ1) is 14.4. The molecule has 0 saturated heterocycles. The monoisotopic (exact) mass is 274 g/mol. The summed E-state index contributed by atoms with van der Waals surface area (Å²) < 4.78 is 16.6. The number of hydrogen-bond donors (Lipinski definition) is 0. The summed E-state index contributed by atoms with van der Waals surface area (Å²) in [5.41, 5.74) is 0.496. The SMILES string of the molecule is COCCS(=O)C(C)C(=O)c1cccc(Cl)c1. The van der Waals surface area contributed by atoms with Crippen LogP contribution in [0.15, 0.2) is 24.3 Å². The quantitative estimate of drug-likeness (QED) is 0.748. The van der Waals surface area contributed by atoms with Gasteiger partial charge < -0.3 is 4.74 Å². The first-order valence-corrected chi connectivity index (χ1v) is 6.98. The van der Waals surface area contributed by atoms with Crippen molar-refractivity contribution in [1.29, 1.82) is 0 Å². The van der Waals surface area contributed by atoms with E-state index in [0.29, 0.717) is 22.9 Å². The number of Topliss-reactive ketones (excluding diaryl/α,β-unsaturated/α-hetero) is 1. The molecule has 5 heteroatoms. The van der Waals surface area contributed by atoms with E-state index in [4.69, 9.17) is 16.3 Å². The molecule has 0 N–H and O–H groups in total. The van der Waals surface area contributed by atoms with Crippen molar-refractivity contribution in [2.75, 3.05) is 19.5 Å². The molecule has 1 aromatic rings. The Labute approximate surface area is 109 Å². The molecule has 0 aliphatic heterocycles. The molecule has 17 heavy (non-hydrogen) atoms. The molecule has 0 amide bonds. The highest BCUT2D eigenvalue weighted by Crippen LogP contribution is 2.14. The lowest BCUT2D eigenvalue weighted by molar-refractivity contribution is 0.0992. The third-order valence-electron chi connectivity index (χ3n) is 2.36. The average Bonchev–Trinajstić information content (AvgIpc) is 2.34. The van der Waals surface area contributed by atoms with Crippen LogP contribution in [-0.2, 0) is 15.5 Å². The molecule has 0 saturated carbocycles. The Balaban J connectivity index is 2.72. The van der Waals surface area contributed by atoms with Gasteiger partial charge in [0.2, 0.25) is 0 Å². The zero-order chi connectivity index (χ0) is 12.8. The highest BCUT2D eigenvalue weighted by atomic mass is 35.5. The molecule has 3 nitrogen and oxygen atoms in total. The second kappa shape index (κ2) is 6.89. The van der Waals surface area contributed by atoms with E-state index in [0.717, 1.165) is 0 Å². The molecule has 2 atom stereocenters. The van der Waals surface area contributed by atoms with Crippen molar-refractivity contribution in [2.24, 2.45) is 0 Å². The van der Waals surface area contributed by atoms with Crippen LogP contribution in [0.2, 0.25) is 5.02 Å². The largest absolute Gasteiger partial charge is 0.384 e. The Morgan fingerprint density at radius 1 is 1.53 bits per heavy atom. The van der Waals surface area contributed by atoms with E-state index < -0.39 is 16.0 Å². The van der Waals surface area contributed by atoms with E-state index in [1.165, 1.54) is 0 Å². The Morgan fingerprint density at radius 3 is 2.82 bits per heavy atom. The van der Waals surface area contributed by atoms with Gasteiger partial charge in [-0.05, 0) is 19.1 Å². The molecule has 94 valence electrons. The topological polar surface area (TPSA) is 43.4 Å². The van der Waals surface area contributed by atoms with Crippen molar-refractivity contribution in [2.45, 2.75) is 12.2 Å². The average molecular weight is 275 g/mol. The smallest absolute Gasteiger partial charge is 0.178 e. The molecule has 0 aliphatic carbocycles. The highest BCUT2D eigenvalue weighted by Gasteiger charge is 2.21. The molecule has 0 aliphatic rings. The van der Waals surface area contributed by atoms with Crippen molar-refractivity contribution in [3.05, 3.63) is 34.9 Å². The molecule has 0 radical (unpaired) electrons. The van der Waals surface area contributed by atoms with E-state index in [9.17, 15) is 9.00 Å². The minimum Gasteiger partial charge on any atom is -0.384 e. The van der Waals surface area contributed by atoms with Gasteiger partial charge in [0.1, 0.15) is 0 Å². The molecule has 2 unspecified atom stereocenters. The van der Waals surface area contributed by atoms with Gasteiger partial charge >= 0.3 is 0 Å². The van der Waals surface area contributed by atoms with Crippen molar-refractivity contribution < 1.29 is 13.7 Å². The van der Waals surface area contributed by atoms with Crippen LogP contribution in [0.1, 0.15) is 17.3 Å². The van der Waals surface area contributed by atoms with Crippen molar-refractivity contribution in [3.63, 3.8) is 0 Å². The Kier molecular flexibility index (Phi) is 5.82. The number of ether oxygens (including phenoxy) is 1. The van der Waals surface area contributed by atoms with Gasteiger partial charge in [0.15, 0.2) is 5.78 Å². The summed E-state index contributed by atoms with van der Waals surface area (Å²) in [4.78, 5) is 12.0. The van der Waals surface area contributed by atoms with Gasteiger partial charge in [-0.1, -0.05) is 23.7 Å². The number of rotatable bonds is 6. The van der Waals surface area contributed by atoms with Gasteiger partial charge in [0, 0.05) is 34.2 Å². The first-order valence-electron chi connectivity index (χ1n) is 5.22. The summed E-state index contributed by atoms with van der Waals surface area (Å²) in [6.07, 6.45) is 0. The summed E-state index contributed by atoms with van der Waals surface area (Å²) in [6.45, 7) is 2.05. The number of carbonyl (C=O) groups is 1. The molecule has 0 heterocycles. The second-order valence-electron chi connectivity index (χ2n) is 3.59. The predicted molar refractivity (Wildman–Crippen MR) is 70.1 cm³/mol. The maximum absolute atomic E-state index is 12.0. The summed E-state index contributed by atoms with van der Waals surface area (Å²) in [7, 11) is 0.323. The third kappa shape index (κ3) is 4.22. The fourth-order valence-electron chi connectivity index (χ4n) is 1.34. The van der Waals surface area contributed by atoms with Crippen LogP contribution >= 0.6 is 11.6 Å². The van der Waals surface area contributed by atoms with Crippen LogP contribution < -0.4 is 0 Å². The fraction of sp³-hybridized carbons (Fsp3) is 0.417. The van der Waals surface area contributed by atoms with Crippen LogP contribution in [0.3, 0.4) is 0 Å². The number of ketones is 1. The zero-order valence-electron chi connectivity index (χ0n) is 9.81. The molecule has 1 rings (SSSR count). The molecule has 0 bridgehead atoms. The lowest BCUT2D eigenvalue weighted by Gasteiger charge is -2.10. The summed E-state index contributed by atoms with van der Waals surface area (Å²) in [5.74, 6) is 0.214. The molecule has 1 aromatic carbocycles. The number of benzene rings is 1. The van der Waals surface area contributed by atoms with Crippen LogP contribution in [0.5, 0.6) is 0 Å². The standard InChI is InChI=1S/C12H15ClO3S/c1-9(17(15)7-6-16-2)12(14)10-4-3-5-11(13)8-10/h3-5,8-9H,6-7H2,1-2H3. The molecule has 0 fully saturated rings. The Morgan fingerprint density at radius 2 is 2.24 bits per heavy atom. The van der Waals surface area contributed by atoms with Gasteiger partial charge in [-0.15, -0.1) is 0 Å². The molecular weight excluding hydrogens is 260 g/mol. The normalized spacial score (nSPS) is 14.3. The highest BCUT2D eigenvalue weighted by molar-refractivity contribution is 7.86. The summed E-state index contributed by atoms with van der Waals surface area (Å²) in [5, 5.41) is -0.0330. The predicted octanol–water partition coefficient (Wildman–Crippen LogP) is 2.31. The van der Waals surface area contributed by atoms with E-state index in [1.54, 1.807) is 38.3 Å². The third-order valence-corrected chi connectivity index (χ3v) is 4.17. The number of methoxy groups -OCH3 is 1. The Bertz CT molecular complexity index is 420.